The summed E-state index contributed by atoms with van der Waals surface area (Å²) < 4.78 is 0. The summed E-state index contributed by atoms with van der Waals surface area (Å²) in [5, 5.41) is 12.4. The minimum absolute atomic E-state index is 0.282. The van der Waals surface area contributed by atoms with Crippen LogP contribution in [0.1, 0.15) is 20.7 Å². The van der Waals surface area contributed by atoms with Crippen LogP contribution < -0.4 is 21.9 Å². The van der Waals surface area contributed by atoms with E-state index in [0.717, 1.165) is 70.1 Å². The van der Waals surface area contributed by atoms with E-state index in [9.17, 15) is 9.59 Å². The minimum Gasteiger partial charge on any atom is -0.366 e. The number of benzene rings is 8. The van der Waals surface area contributed by atoms with Gasteiger partial charge >= 0.3 is 0 Å². The quantitative estimate of drug-likeness (QED) is 0.0594. The first-order valence-electron chi connectivity index (χ1n) is 15.3. The molecule has 5 N–H and O–H groups in total. The molecule has 0 atom stereocenters. The maximum atomic E-state index is 14.2. The van der Waals surface area contributed by atoms with Crippen LogP contribution in [0.3, 0.4) is 0 Å². The molecule has 0 unspecified atom stereocenters. The Labute approximate surface area is 273 Å². The Morgan fingerprint density at radius 2 is 1.23 bits per heavy atom. The van der Waals surface area contributed by atoms with Crippen LogP contribution >= 0.6 is 11.8 Å². The third-order valence-electron chi connectivity index (χ3n) is 9.21. The molecule has 7 heteroatoms. The number of nitrogens with one attached hydrogen (secondary N) is 1. The Morgan fingerprint density at radius 1 is 0.596 bits per heavy atom. The predicted octanol–water partition coefficient (Wildman–Crippen LogP) is 9.23. The first-order chi connectivity index (χ1) is 23.0. The van der Waals surface area contributed by atoms with Crippen molar-refractivity contribution < 1.29 is 9.59 Å². The molecule has 0 aromatic heterocycles. The lowest BCUT2D eigenvalue weighted by Gasteiger charge is -2.24. The fourth-order valence-electron chi connectivity index (χ4n) is 7.06. The van der Waals surface area contributed by atoms with Crippen molar-refractivity contribution in [3.63, 3.8) is 0 Å². The summed E-state index contributed by atoms with van der Waals surface area (Å²) in [7, 11) is 0. The zero-order valence-corrected chi connectivity index (χ0v) is 25.8. The van der Waals surface area contributed by atoms with E-state index in [2.05, 4.69) is 59.9 Å². The van der Waals surface area contributed by atoms with Crippen molar-refractivity contribution in [3.05, 3.63) is 139 Å². The van der Waals surface area contributed by atoms with Gasteiger partial charge in [0, 0.05) is 31.9 Å². The summed E-state index contributed by atoms with van der Waals surface area (Å²) >= 11 is 1.74. The number of amides is 2. The van der Waals surface area contributed by atoms with Gasteiger partial charge < -0.3 is 11.1 Å². The Balaban J connectivity index is 1.14. The number of hydrogen-bond donors (Lipinski definition) is 3. The normalized spacial score (nSPS) is 12.3. The number of fused-ring (bicyclic) bond motifs is 4. The van der Waals surface area contributed by atoms with Crippen molar-refractivity contribution in [1.82, 2.24) is 0 Å². The Morgan fingerprint density at radius 3 is 1.96 bits per heavy atom. The Hall–Kier alpha value is -5.89. The van der Waals surface area contributed by atoms with E-state index in [-0.39, 0.29) is 5.56 Å². The molecular formula is C40H26N4O2S. The van der Waals surface area contributed by atoms with Gasteiger partial charge in [-0.25, -0.2) is 10.9 Å². The molecule has 8 aromatic rings. The number of rotatable bonds is 4. The lowest BCUT2D eigenvalue weighted by molar-refractivity contribution is 0.0988. The number of carbonyl (C=O) groups excluding carboxylic acids is 2. The summed E-state index contributed by atoms with van der Waals surface area (Å²) in [6.07, 6.45) is 0. The van der Waals surface area contributed by atoms with E-state index in [1.54, 1.807) is 23.9 Å². The van der Waals surface area contributed by atoms with E-state index in [4.69, 9.17) is 11.6 Å². The number of nitrogens with two attached hydrogens (primary N) is 2. The smallest absolute Gasteiger partial charge is 0.273 e. The number of carbonyl (C=O) groups is 2. The zero-order valence-electron chi connectivity index (χ0n) is 25.0. The largest absolute Gasteiger partial charge is 0.366 e. The van der Waals surface area contributed by atoms with Crippen LogP contribution in [0.25, 0.3) is 54.2 Å². The van der Waals surface area contributed by atoms with Crippen molar-refractivity contribution in [2.24, 2.45) is 11.6 Å². The topological polar surface area (TPSA) is 101 Å². The van der Waals surface area contributed by atoms with Crippen LogP contribution in [0.5, 0.6) is 0 Å². The van der Waals surface area contributed by atoms with E-state index >= 15 is 0 Å². The fourth-order valence-corrected chi connectivity index (χ4v) is 8.09. The molecule has 0 saturated heterocycles. The molecule has 0 saturated carbocycles. The third-order valence-corrected chi connectivity index (χ3v) is 10.3. The molecule has 0 spiro atoms. The van der Waals surface area contributed by atoms with Crippen molar-refractivity contribution in [3.8, 4) is 11.1 Å². The molecule has 47 heavy (non-hydrogen) atoms. The van der Waals surface area contributed by atoms with Crippen LogP contribution in [-0.4, -0.2) is 11.8 Å². The van der Waals surface area contributed by atoms with Crippen LogP contribution in [0.15, 0.2) is 137 Å². The molecule has 8 aromatic carbocycles. The molecule has 0 bridgehead atoms. The second-order valence-corrected chi connectivity index (χ2v) is 12.9. The van der Waals surface area contributed by atoms with Gasteiger partial charge in [-0.1, -0.05) is 96.7 Å². The van der Waals surface area contributed by atoms with Gasteiger partial charge in [0.15, 0.2) is 0 Å². The van der Waals surface area contributed by atoms with E-state index < -0.39 is 11.8 Å². The first-order valence-corrected chi connectivity index (χ1v) is 16.1. The highest BCUT2D eigenvalue weighted by Crippen LogP contribution is 2.48. The minimum atomic E-state index is -0.603. The number of nitrogens with zero attached hydrogens (tertiary/aromatic N) is 1. The monoisotopic (exact) mass is 626 g/mol. The number of primary amides is 1. The van der Waals surface area contributed by atoms with E-state index in [0.29, 0.717) is 16.6 Å². The van der Waals surface area contributed by atoms with E-state index in [1.165, 1.54) is 4.90 Å². The number of hydrogen-bond acceptors (Lipinski definition) is 5. The average molecular weight is 627 g/mol. The molecule has 1 aliphatic rings. The third kappa shape index (κ3) is 4.11. The van der Waals surface area contributed by atoms with Crippen LogP contribution in [-0.2, 0) is 0 Å². The summed E-state index contributed by atoms with van der Waals surface area (Å²) in [5.74, 6) is 5.51. The highest BCUT2D eigenvalue weighted by atomic mass is 32.2. The van der Waals surface area contributed by atoms with E-state index in [1.807, 2.05) is 60.7 Å². The molecule has 224 valence electrons. The van der Waals surface area contributed by atoms with Gasteiger partial charge in [0.25, 0.3) is 5.91 Å². The number of para-hydroxylation sites is 2. The van der Waals surface area contributed by atoms with Gasteiger partial charge in [0.2, 0.25) is 5.91 Å². The molecule has 6 nitrogen and oxygen atoms in total. The number of hydrazine groups is 1. The molecule has 0 radical (unpaired) electrons. The van der Waals surface area contributed by atoms with Crippen LogP contribution in [0.2, 0.25) is 0 Å². The molecule has 0 aliphatic carbocycles. The maximum Gasteiger partial charge on any atom is 0.273 e. The van der Waals surface area contributed by atoms with Crippen molar-refractivity contribution in [2.75, 3.05) is 10.3 Å². The summed E-state index contributed by atoms with van der Waals surface area (Å²) in [6, 6.07) is 41.9. The standard InChI is InChI=1S/C40H26N4O2S/c41-39(45)30-20-18-28-26-9-3-6-23-7-4-10-27(35(23)26)29-19-21-31(37(30)36(28)29)40(46)44(42)24-16-14-22(15-17-24)25-8-5-13-34-38(25)43-32-11-1-2-12-33(32)47-34/h1-21,43H,42H2,(H2,41,45). The predicted molar refractivity (Wildman–Crippen MR) is 193 cm³/mol. The average Bonchev–Trinajstić information content (AvgIpc) is 3.11. The fraction of sp³-hybridized carbons (Fsp3) is 0. The van der Waals surface area contributed by atoms with Gasteiger partial charge in [-0.05, 0) is 85.7 Å². The maximum absolute atomic E-state index is 14.2. The second-order valence-electron chi connectivity index (χ2n) is 11.8. The van der Waals surface area contributed by atoms with Gasteiger partial charge in [-0.2, -0.15) is 0 Å². The molecule has 1 aliphatic heterocycles. The highest BCUT2D eigenvalue weighted by molar-refractivity contribution is 7.99. The summed E-state index contributed by atoms with van der Waals surface area (Å²) in [6.45, 7) is 0. The zero-order chi connectivity index (χ0) is 31.8. The highest BCUT2D eigenvalue weighted by Gasteiger charge is 2.25. The Kier molecular flexibility index (Phi) is 6.02. The SMILES string of the molecule is NC(=O)c1ccc2c3cccc4cccc(c5ccc(C(=O)N(N)c6ccc(-c7cccc8c7Nc7ccccc7S8)cc6)c1c25)c43. The van der Waals surface area contributed by atoms with Crippen LogP contribution in [0, 0.1) is 0 Å². The lowest BCUT2D eigenvalue weighted by atomic mass is 9.86. The summed E-state index contributed by atoms with van der Waals surface area (Å²) in [4.78, 5) is 29.3. The summed E-state index contributed by atoms with van der Waals surface area (Å²) in [5.41, 5.74) is 11.2. The van der Waals surface area contributed by atoms with Crippen molar-refractivity contribution in [2.45, 2.75) is 9.79 Å². The van der Waals surface area contributed by atoms with Crippen molar-refractivity contribution >= 4 is 83.7 Å². The molecule has 1 heterocycles. The van der Waals surface area contributed by atoms with Gasteiger partial charge in [0.1, 0.15) is 0 Å². The molecule has 0 fully saturated rings. The first kappa shape index (κ1) is 27.4. The second kappa shape index (κ2) is 10.3. The molecule has 9 rings (SSSR count). The van der Waals surface area contributed by atoms with Crippen LogP contribution in [0.4, 0.5) is 17.1 Å². The van der Waals surface area contributed by atoms with Crippen molar-refractivity contribution in [1.29, 1.82) is 0 Å². The van der Waals surface area contributed by atoms with Gasteiger partial charge in [0.05, 0.1) is 17.1 Å². The van der Waals surface area contributed by atoms with Gasteiger partial charge in [-0.15, -0.1) is 0 Å². The molecule has 2 amide bonds. The Bertz CT molecular complexity index is 2550. The van der Waals surface area contributed by atoms with Gasteiger partial charge in [-0.3, -0.25) is 9.59 Å². The number of anilines is 3. The molecular weight excluding hydrogens is 601 g/mol. The lowest BCUT2D eigenvalue weighted by Crippen LogP contribution is -2.37.